The summed E-state index contributed by atoms with van der Waals surface area (Å²) in [7, 11) is 0. The summed E-state index contributed by atoms with van der Waals surface area (Å²) >= 11 is 0. The van der Waals surface area contributed by atoms with Gasteiger partial charge in [0.1, 0.15) is 0 Å². The lowest BCUT2D eigenvalue weighted by atomic mass is 9.89. The van der Waals surface area contributed by atoms with Crippen molar-refractivity contribution in [2.45, 2.75) is 45.4 Å². The molecular formula is C14H20O2. The maximum absolute atomic E-state index is 10.9. The lowest BCUT2D eigenvalue weighted by molar-refractivity contribution is 0.0696. The minimum Gasteiger partial charge on any atom is -0.478 e. The van der Waals surface area contributed by atoms with Gasteiger partial charge in [0.05, 0.1) is 5.56 Å². The SMILES string of the molecule is CCCC(CCC)c1cccc(C(=O)O)c1. The fourth-order valence-corrected chi connectivity index (χ4v) is 2.10. The number of carboxylic acids is 1. The monoisotopic (exact) mass is 220 g/mol. The van der Waals surface area contributed by atoms with E-state index in [1.807, 2.05) is 18.2 Å². The smallest absolute Gasteiger partial charge is 0.335 e. The first kappa shape index (κ1) is 12.8. The summed E-state index contributed by atoms with van der Waals surface area (Å²) in [5.74, 6) is -0.331. The van der Waals surface area contributed by atoms with E-state index in [0.717, 1.165) is 25.7 Å². The minimum absolute atomic E-state index is 0.398. The van der Waals surface area contributed by atoms with Crippen LogP contribution in [0.1, 0.15) is 61.4 Å². The molecule has 2 heteroatoms. The number of aromatic carboxylic acids is 1. The number of benzene rings is 1. The van der Waals surface area contributed by atoms with E-state index < -0.39 is 5.97 Å². The predicted octanol–water partition coefficient (Wildman–Crippen LogP) is 4.07. The molecule has 0 aliphatic carbocycles. The Labute approximate surface area is 97.3 Å². The first-order valence-corrected chi connectivity index (χ1v) is 6.02. The highest BCUT2D eigenvalue weighted by Crippen LogP contribution is 2.26. The predicted molar refractivity (Wildman–Crippen MR) is 66.0 cm³/mol. The van der Waals surface area contributed by atoms with Crippen molar-refractivity contribution in [3.8, 4) is 0 Å². The normalized spacial score (nSPS) is 10.7. The van der Waals surface area contributed by atoms with Gasteiger partial charge in [-0.05, 0) is 36.5 Å². The van der Waals surface area contributed by atoms with E-state index >= 15 is 0 Å². The molecule has 0 atom stereocenters. The Morgan fingerprint density at radius 2 is 1.88 bits per heavy atom. The van der Waals surface area contributed by atoms with Crippen LogP contribution in [0.25, 0.3) is 0 Å². The van der Waals surface area contributed by atoms with Crippen LogP contribution in [-0.4, -0.2) is 11.1 Å². The summed E-state index contributed by atoms with van der Waals surface area (Å²) in [6.45, 7) is 4.34. The fourth-order valence-electron chi connectivity index (χ4n) is 2.10. The largest absolute Gasteiger partial charge is 0.478 e. The summed E-state index contributed by atoms with van der Waals surface area (Å²) in [6.07, 6.45) is 4.55. The van der Waals surface area contributed by atoms with E-state index in [1.54, 1.807) is 6.07 Å². The zero-order valence-electron chi connectivity index (χ0n) is 10.1. The van der Waals surface area contributed by atoms with Gasteiger partial charge in [-0.15, -0.1) is 0 Å². The van der Waals surface area contributed by atoms with Gasteiger partial charge in [0.15, 0.2) is 0 Å². The van der Waals surface area contributed by atoms with Crippen LogP contribution in [0.5, 0.6) is 0 Å². The molecule has 1 N–H and O–H groups in total. The van der Waals surface area contributed by atoms with Gasteiger partial charge in [0, 0.05) is 0 Å². The summed E-state index contributed by atoms with van der Waals surface area (Å²) in [5.41, 5.74) is 1.57. The molecule has 0 bridgehead atoms. The number of hydrogen-bond acceptors (Lipinski definition) is 1. The van der Waals surface area contributed by atoms with E-state index in [1.165, 1.54) is 5.56 Å². The van der Waals surface area contributed by atoms with Crippen LogP contribution >= 0.6 is 0 Å². The lowest BCUT2D eigenvalue weighted by Crippen LogP contribution is -2.02. The van der Waals surface area contributed by atoms with Gasteiger partial charge in [0.25, 0.3) is 0 Å². The summed E-state index contributed by atoms with van der Waals surface area (Å²) < 4.78 is 0. The lowest BCUT2D eigenvalue weighted by Gasteiger charge is -2.16. The molecule has 0 radical (unpaired) electrons. The molecule has 0 aromatic heterocycles. The van der Waals surface area contributed by atoms with Crippen molar-refractivity contribution in [3.05, 3.63) is 35.4 Å². The molecule has 1 aromatic carbocycles. The molecule has 0 saturated heterocycles. The Bertz CT molecular complexity index is 338. The van der Waals surface area contributed by atoms with Crippen LogP contribution in [0, 0.1) is 0 Å². The van der Waals surface area contributed by atoms with Crippen molar-refractivity contribution in [3.63, 3.8) is 0 Å². The van der Waals surface area contributed by atoms with E-state index in [-0.39, 0.29) is 0 Å². The molecule has 88 valence electrons. The number of carbonyl (C=O) groups is 1. The van der Waals surface area contributed by atoms with Crippen molar-refractivity contribution >= 4 is 5.97 Å². The average Bonchev–Trinajstić information content (AvgIpc) is 2.29. The molecule has 16 heavy (non-hydrogen) atoms. The molecule has 0 aliphatic rings. The molecule has 0 aliphatic heterocycles. The summed E-state index contributed by atoms with van der Waals surface area (Å²) in [5, 5.41) is 8.95. The van der Waals surface area contributed by atoms with Gasteiger partial charge in [-0.25, -0.2) is 4.79 Å². The van der Waals surface area contributed by atoms with Crippen molar-refractivity contribution in [2.75, 3.05) is 0 Å². The molecule has 0 unspecified atom stereocenters. The maximum atomic E-state index is 10.9. The third-order valence-electron chi connectivity index (χ3n) is 2.88. The second kappa shape index (κ2) is 6.31. The molecule has 0 amide bonds. The fraction of sp³-hybridized carbons (Fsp3) is 0.500. The highest BCUT2D eigenvalue weighted by molar-refractivity contribution is 5.87. The Balaban J connectivity index is 2.90. The molecule has 0 saturated carbocycles. The zero-order valence-corrected chi connectivity index (χ0v) is 10.1. The van der Waals surface area contributed by atoms with Crippen molar-refractivity contribution in [1.82, 2.24) is 0 Å². The van der Waals surface area contributed by atoms with Gasteiger partial charge in [0.2, 0.25) is 0 Å². The highest BCUT2D eigenvalue weighted by Gasteiger charge is 2.11. The Morgan fingerprint density at radius 3 is 2.38 bits per heavy atom. The van der Waals surface area contributed by atoms with Gasteiger partial charge in [-0.2, -0.15) is 0 Å². The van der Waals surface area contributed by atoms with E-state index in [4.69, 9.17) is 5.11 Å². The highest BCUT2D eigenvalue weighted by atomic mass is 16.4. The molecule has 1 aromatic rings. The van der Waals surface area contributed by atoms with Crippen LogP contribution in [0.4, 0.5) is 0 Å². The summed E-state index contributed by atoms with van der Waals surface area (Å²) in [4.78, 5) is 10.9. The molecule has 2 nitrogen and oxygen atoms in total. The second-order valence-corrected chi connectivity index (χ2v) is 4.20. The third-order valence-corrected chi connectivity index (χ3v) is 2.88. The third kappa shape index (κ3) is 3.37. The first-order valence-electron chi connectivity index (χ1n) is 6.02. The molecule has 1 rings (SSSR count). The molecule has 0 spiro atoms. The number of hydrogen-bond donors (Lipinski definition) is 1. The van der Waals surface area contributed by atoms with Crippen LogP contribution in [0.2, 0.25) is 0 Å². The second-order valence-electron chi connectivity index (χ2n) is 4.20. The van der Waals surface area contributed by atoms with E-state index in [9.17, 15) is 4.79 Å². The van der Waals surface area contributed by atoms with Gasteiger partial charge < -0.3 is 5.11 Å². The van der Waals surface area contributed by atoms with Crippen molar-refractivity contribution in [2.24, 2.45) is 0 Å². The Morgan fingerprint density at radius 1 is 1.25 bits per heavy atom. The molecule has 0 fully saturated rings. The topological polar surface area (TPSA) is 37.3 Å². The van der Waals surface area contributed by atoms with Gasteiger partial charge >= 0.3 is 5.97 Å². The van der Waals surface area contributed by atoms with Crippen molar-refractivity contribution < 1.29 is 9.90 Å². The standard InChI is InChI=1S/C14H20O2/c1-3-6-11(7-4-2)12-8-5-9-13(10-12)14(15)16/h5,8-11H,3-4,6-7H2,1-2H3,(H,15,16). The van der Waals surface area contributed by atoms with Crippen LogP contribution in [-0.2, 0) is 0 Å². The quantitative estimate of drug-likeness (QED) is 0.784. The summed E-state index contributed by atoms with van der Waals surface area (Å²) in [6, 6.07) is 7.36. The van der Waals surface area contributed by atoms with Crippen LogP contribution in [0.15, 0.2) is 24.3 Å². The Kier molecular flexibility index (Phi) is 5.03. The Hall–Kier alpha value is -1.31. The van der Waals surface area contributed by atoms with Crippen molar-refractivity contribution in [1.29, 1.82) is 0 Å². The molecular weight excluding hydrogens is 200 g/mol. The van der Waals surface area contributed by atoms with E-state index in [0.29, 0.717) is 11.5 Å². The number of carboxylic acid groups (broad SMARTS) is 1. The number of rotatable bonds is 6. The van der Waals surface area contributed by atoms with Gasteiger partial charge in [-0.3, -0.25) is 0 Å². The maximum Gasteiger partial charge on any atom is 0.335 e. The molecule has 0 heterocycles. The zero-order chi connectivity index (χ0) is 12.0. The average molecular weight is 220 g/mol. The van der Waals surface area contributed by atoms with Crippen LogP contribution in [0.3, 0.4) is 0 Å². The van der Waals surface area contributed by atoms with E-state index in [2.05, 4.69) is 13.8 Å². The minimum atomic E-state index is -0.839. The van der Waals surface area contributed by atoms with Gasteiger partial charge in [-0.1, -0.05) is 38.8 Å². The first-order chi connectivity index (χ1) is 7.69. The van der Waals surface area contributed by atoms with Crippen LogP contribution < -0.4 is 0 Å².